The molecule has 1 aromatic rings. The largest absolute Gasteiger partial charge is 0.481 e. The van der Waals surface area contributed by atoms with Crippen LogP contribution in [0.15, 0.2) is 16.7 Å². The maximum atomic E-state index is 12.3. The number of aryl methyl sites for hydroxylation is 1. The number of hydrazine groups is 1. The number of carboxylic acids is 1. The normalized spacial score (nSPS) is 29.3. The highest BCUT2D eigenvalue weighted by atomic mass is 16.4. The first kappa shape index (κ1) is 14.6. The van der Waals surface area contributed by atoms with Gasteiger partial charge in [0.15, 0.2) is 0 Å². The van der Waals surface area contributed by atoms with E-state index in [2.05, 4.69) is 10.9 Å². The van der Waals surface area contributed by atoms with Gasteiger partial charge in [-0.2, -0.15) is 0 Å². The van der Waals surface area contributed by atoms with Crippen LogP contribution >= 0.6 is 0 Å². The average molecular weight is 306 g/mol. The fourth-order valence-corrected chi connectivity index (χ4v) is 3.91. The molecule has 1 aromatic heterocycles. The number of rotatable bonds is 3. The summed E-state index contributed by atoms with van der Waals surface area (Å²) in [6, 6.07) is 1.51. The highest BCUT2D eigenvalue weighted by Gasteiger charge is 2.54. The van der Waals surface area contributed by atoms with Crippen LogP contribution in [0.5, 0.6) is 0 Å². The van der Waals surface area contributed by atoms with E-state index in [9.17, 15) is 19.5 Å². The molecule has 2 amide bonds. The van der Waals surface area contributed by atoms with Gasteiger partial charge in [-0.1, -0.05) is 0 Å². The molecule has 3 N–H and O–H groups in total. The van der Waals surface area contributed by atoms with E-state index in [-0.39, 0.29) is 11.8 Å². The number of furan rings is 1. The van der Waals surface area contributed by atoms with E-state index in [1.807, 2.05) is 0 Å². The summed E-state index contributed by atoms with van der Waals surface area (Å²) < 4.78 is 5.03. The van der Waals surface area contributed by atoms with Crippen molar-refractivity contribution in [1.29, 1.82) is 0 Å². The van der Waals surface area contributed by atoms with Crippen LogP contribution in [0.4, 0.5) is 0 Å². The number of carbonyl (C=O) groups is 3. The highest BCUT2D eigenvalue weighted by Crippen LogP contribution is 2.52. The molecule has 1 heterocycles. The molecule has 0 unspecified atom stereocenters. The van der Waals surface area contributed by atoms with Gasteiger partial charge in [0.25, 0.3) is 5.91 Å². The SMILES string of the molecule is Cc1occc1C(=O)NNC(=O)[C@@H]1[C@H]2CC[C@@H](C2)[C@H]1C(=O)O. The average Bonchev–Trinajstić information content (AvgIpc) is 3.18. The number of hydrogen-bond acceptors (Lipinski definition) is 4. The maximum absolute atomic E-state index is 12.3. The van der Waals surface area contributed by atoms with Gasteiger partial charge in [-0.05, 0) is 44.1 Å². The number of fused-ring (bicyclic) bond motifs is 2. The van der Waals surface area contributed by atoms with Gasteiger partial charge in [0, 0.05) is 0 Å². The Bertz CT molecular complexity index is 623. The van der Waals surface area contributed by atoms with E-state index >= 15 is 0 Å². The smallest absolute Gasteiger partial charge is 0.307 e. The summed E-state index contributed by atoms with van der Waals surface area (Å²) in [5.41, 5.74) is 5.03. The maximum Gasteiger partial charge on any atom is 0.307 e. The second-order valence-electron chi connectivity index (χ2n) is 6.06. The third kappa shape index (κ3) is 2.36. The Labute approximate surface area is 127 Å². The number of carboxylic acid groups (broad SMARTS) is 1. The molecule has 7 heteroatoms. The molecule has 0 radical (unpaired) electrons. The molecule has 2 aliphatic carbocycles. The summed E-state index contributed by atoms with van der Waals surface area (Å²) in [6.07, 6.45) is 3.92. The lowest BCUT2D eigenvalue weighted by Crippen LogP contribution is -2.48. The summed E-state index contributed by atoms with van der Waals surface area (Å²) >= 11 is 0. The number of amides is 2. The van der Waals surface area contributed by atoms with E-state index in [1.165, 1.54) is 12.3 Å². The first-order chi connectivity index (χ1) is 10.5. The van der Waals surface area contributed by atoms with Crippen molar-refractivity contribution in [2.75, 3.05) is 0 Å². The van der Waals surface area contributed by atoms with Crippen molar-refractivity contribution in [3.63, 3.8) is 0 Å². The minimum Gasteiger partial charge on any atom is -0.481 e. The Morgan fingerprint density at radius 1 is 1.18 bits per heavy atom. The van der Waals surface area contributed by atoms with Crippen LogP contribution in [0.2, 0.25) is 0 Å². The molecule has 3 rings (SSSR count). The second-order valence-corrected chi connectivity index (χ2v) is 6.06. The van der Waals surface area contributed by atoms with Gasteiger partial charge in [-0.15, -0.1) is 0 Å². The highest BCUT2D eigenvalue weighted by molar-refractivity contribution is 5.96. The molecular weight excluding hydrogens is 288 g/mol. The number of hydrogen-bond donors (Lipinski definition) is 3. The van der Waals surface area contributed by atoms with Crippen molar-refractivity contribution in [2.24, 2.45) is 23.7 Å². The van der Waals surface area contributed by atoms with Crippen LogP contribution in [-0.4, -0.2) is 22.9 Å². The number of aliphatic carboxylic acids is 1. The molecule has 2 fully saturated rings. The first-order valence-corrected chi connectivity index (χ1v) is 7.36. The van der Waals surface area contributed by atoms with Crippen LogP contribution < -0.4 is 10.9 Å². The van der Waals surface area contributed by atoms with E-state index in [1.54, 1.807) is 6.92 Å². The van der Waals surface area contributed by atoms with Crippen LogP contribution in [0.1, 0.15) is 35.4 Å². The Morgan fingerprint density at radius 2 is 1.86 bits per heavy atom. The minimum absolute atomic E-state index is 0.0741. The zero-order valence-electron chi connectivity index (χ0n) is 12.2. The van der Waals surface area contributed by atoms with Gasteiger partial charge in [-0.25, -0.2) is 0 Å². The quantitative estimate of drug-likeness (QED) is 0.724. The van der Waals surface area contributed by atoms with Crippen molar-refractivity contribution in [3.05, 3.63) is 23.7 Å². The van der Waals surface area contributed by atoms with Gasteiger partial charge < -0.3 is 9.52 Å². The molecule has 0 saturated heterocycles. The summed E-state index contributed by atoms with van der Waals surface area (Å²) in [5, 5.41) is 9.34. The molecule has 2 aliphatic rings. The lowest BCUT2D eigenvalue weighted by molar-refractivity contribution is -0.149. The second kappa shape index (κ2) is 5.47. The fourth-order valence-electron chi connectivity index (χ4n) is 3.91. The van der Waals surface area contributed by atoms with Crippen molar-refractivity contribution < 1.29 is 23.9 Å². The van der Waals surface area contributed by atoms with Crippen LogP contribution in [0.25, 0.3) is 0 Å². The Balaban J connectivity index is 1.63. The molecule has 0 aliphatic heterocycles. The third-order valence-corrected chi connectivity index (χ3v) is 4.91. The molecule has 0 aromatic carbocycles. The van der Waals surface area contributed by atoms with Crippen LogP contribution in [0, 0.1) is 30.6 Å². The minimum atomic E-state index is -0.927. The monoisotopic (exact) mass is 306 g/mol. The molecule has 4 atom stereocenters. The fraction of sp³-hybridized carbons (Fsp3) is 0.533. The van der Waals surface area contributed by atoms with Crippen molar-refractivity contribution in [3.8, 4) is 0 Å². The lowest BCUT2D eigenvalue weighted by atomic mass is 9.79. The van der Waals surface area contributed by atoms with Gasteiger partial charge in [0.05, 0.1) is 23.7 Å². The topological polar surface area (TPSA) is 109 Å². The molecule has 7 nitrogen and oxygen atoms in total. The zero-order valence-corrected chi connectivity index (χ0v) is 12.2. The molecule has 22 heavy (non-hydrogen) atoms. The lowest BCUT2D eigenvalue weighted by Gasteiger charge is -2.26. The van der Waals surface area contributed by atoms with Gasteiger partial charge in [-0.3, -0.25) is 25.2 Å². The van der Waals surface area contributed by atoms with E-state index in [4.69, 9.17) is 4.42 Å². The summed E-state index contributed by atoms with van der Waals surface area (Å²) in [7, 11) is 0. The van der Waals surface area contributed by atoms with Gasteiger partial charge in [0.1, 0.15) is 5.76 Å². The first-order valence-electron chi connectivity index (χ1n) is 7.36. The predicted octanol–water partition coefficient (Wildman–Crippen LogP) is 1.10. The van der Waals surface area contributed by atoms with Crippen molar-refractivity contribution in [2.45, 2.75) is 26.2 Å². The Hall–Kier alpha value is -2.31. The molecule has 2 saturated carbocycles. The molecule has 2 bridgehead atoms. The van der Waals surface area contributed by atoms with Gasteiger partial charge in [0.2, 0.25) is 5.91 Å². The molecular formula is C15H18N2O5. The molecule has 118 valence electrons. The van der Waals surface area contributed by atoms with E-state index < -0.39 is 29.6 Å². The predicted molar refractivity (Wildman–Crippen MR) is 74.5 cm³/mol. The van der Waals surface area contributed by atoms with E-state index in [0.717, 1.165) is 19.3 Å². The third-order valence-electron chi connectivity index (χ3n) is 4.91. The number of nitrogens with one attached hydrogen (secondary N) is 2. The Kier molecular flexibility index (Phi) is 3.64. The number of carbonyl (C=O) groups excluding carboxylic acids is 2. The summed E-state index contributed by atoms with van der Waals surface area (Å²) in [5.74, 6) is -2.42. The summed E-state index contributed by atoms with van der Waals surface area (Å²) in [6.45, 7) is 1.65. The van der Waals surface area contributed by atoms with Crippen LogP contribution in [0.3, 0.4) is 0 Å². The van der Waals surface area contributed by atoms with Crippen molar-refractivity contribution >= 4 is 17.8 Å². The Morgan fingerprint density at radius 3 is 2.45 bits per heavy atom. The van der Waals surface area contributed by atoms with Gasteiger partial charge >= 0.3 is 5.97 Å². The standard InChI is InChI=1S/C15H18N2O5/c1-7-10(4-5-22-7)13(18)16-17-14(19)11-8-2-3-9(6-8)12(11)15(20)21/h4-5,8-9,11-12H,2-3,6H2,1H3,(H,16,18)(H,17,19)(H,20,21)/t8-,9-,11+,12+/m0/s1. The van der Waals surface area contributed by atoms with E-state index in [0.29, 0.717) is 11.3 Å². The molecule has 0 spiro atoms. The summed E-state index contributed by atoms with van der Waals surface area (Å²) in [4.78, 5) is 35.6. The zero-order chi connectivity index (χ0) is 15.9. The van der Waals surface area contributed by atoms with Crippen LogP contribution in [-0.2, 0) is 9.59 Å². The van der Waals surface area contributed by atoms with Crippen molar-refractivity contribution in [1.82, 2.24) is 10.9 Å².